The molecule has 0 rings (SSSR count). The van der Waals surface area contributed by atoms with Crippen LogP contribution in [0.2, 0.25) is 0 Å². The molecular formula is C47H76NO8P. The third-order valence-corrected chi connectivity index (χ3v) is 9.13. The molecular weight excluding hydrogens is 737 g/mol. The molecule has 9 nitrogen and oxygen atoms in total. The molecule has 0 amide bonds. The monoisotopic (exact) mass is 814 g/mol. The van der Waals surface area contributed by atoms with E-state index in [0.717, 1.165) is 51.4 Å². The number of hydrogen-bond donors (Lipinski definition) is 2. The summed E-state index contributed by atoms with van der Waals surface area (Å²) in [4.78, 5) is 34.8. The van der Waals surface area contributed by atoms with E-state index in [2.05, 4.69) is 105 Å². The van der Waals surface area contributed by atoms with Gasteiger partial charge in [-0.25, -0.2) is 4.57 Å². The van der Waals surface area contributed by atoms with Crippen molar-refractivity contribution in [2.45, 2.75) is 148 Å². The van der Waals surface area contributed by atoms with Crippen molar-refractivity contribution in [3.05, 3.63) is 109 Å². The molecule has 0 heterocycles. The average molecular weight is 814 g/mol. The summed E-state index contributed by atoms with van der Waals surface area (Å²) < 4.78 is 32.6. The number of ether oxygens (including phenoxy) is 2. The van der Waals surface area contributed by atoms with Crippen LogP contribution >= 0.6 is 7.82 Å². The molecule has 0 aromatic rings. The quantitative estimate of drug-likeness (QED) is 0.0270. The van der Waals surface area contributed by atoms with Crippen LogP contribution in [0.15, 0.2) is 109 Å². The van der Waals surface area contributed by atoms with E-state index in [9.17, 15) is 19.0 Å². The van der Waals surface area contributed by atoms with Gasteiger partial charge in [0.05, 0.1) is 13.2 Å². The van der Waals surface area contributed by atoms with E-state index < -0.39 is 32.5 Å². The molecule has 0 aliphatic rings. The number of esters is 2. The van der Waals surface area contributed by atoms with Crippen LogP contribution in [0, 0.1) is 0 Å². The number of phosphoric acid groups is 1. The van der Waals surface area contributed by atoms with Crippen LogP contribution in [0.1, 0.15) is 142 Å². The van der Waals surface area contributed by atoms with Crippen LogP contribution < -0.4 is 5.73 Å². The largest absolute Gasteiger partial charge is 0.472 e. The molecule has 0 aliphatic heterocycles. The van der Waals surface area contributed by atoms with Crippen molar-refractivity contribution in [2.24, 2.45) is 5.73 Å². The number of rotatable bonds is 38. The Morgan fingerprint density at radius 2 is 0.930 bits per heavy atom. The first-order valence-corrected chi connectivity index (χ1v) is 22.9. The predicted octanol–water partition coefficient (Wildman–Crippen LogP) is 12.4. The van der Waals surface area contributed by atoms with E-state index in [4.69, 9.17) is 24.3 Å². The number of hydrogen-bond acceptors (Lipinski definition) is 8. The molecule has 0 bridgehead atoms. The molecule has 0 radical (unpaired) electrons. The number of unbranched alkanes of at least 4 members (excludes halogenated alkanes) is 7. The van der Waals surface area contributed by atoms with Gasteiger partial charge in [-0.2, -0.15) is 0 Å². The minimum atomic E-state index is -4.42. The Bertz CT molecular complexity index is 1290. The van der Waals surface area contributed by atoms with Crippen LogP contribution in [0.3, 0.4) is 0 Å². The zero-order valence-corrected chi connectivity index (χ0v) is 36.2. The van der Waals surface area contributed by atoms with Crippen molar-refractivity contribution < 1.29 is 37.6 Å². The van der Waals surface area contributed by atoms with E-state index in [-0.39, 0.29) is 32.6 Å². The molecule has 10 heteroatoms. The van der Waals surface area contributed by atoms with Crippen molar-refractivity contribution in [1.29, 1.82) is 0 Å². The first-order chi connectivity index (χ1) is 27.8. The summed E-state index contributed by atoms with van der Waals surface area (Å²) in [7, 11) is -4.42. The summed E-state index contributed by atoms with van der Waals surface area (Å²) in [6, 6.07) is 0. The number of allylic oxidation sites excluding steroid dienone is 18. The van der Waals surface area contributed by atoms with Gasteiger partial charge in [0.2, 0.25) is 0 Å². The Labute approximate surface area is 346 Å². The van der Waals surface area contributed by atoms with Crippen molar-refractivity contribution >= 4 is 19.8 Å². The molecule has 0 aromatic heterocycles. The first kappa shape index (κ1) is 53.7. The summed E-state index contributed by atoms with van der Waals surface area (Å²) in [5.74, 6) is -1.00. The SMILES string of the molecule is CCCCCC=CCC=CCC=CCC=CCC=CCCC(=O)O[C@H](COC(=O)CCCC=CCC=CCC=CCC=CCCCCC)COP(=O)(O)OCCN. The molecule has 0 saturated heterocycles. The number of carbonyl (C=O) groups is 2. The third-order valence-electron chi connectivity index (χ3n) is 8.14. The lowest BCUT2D eigenvalue weighted by atomic mass is 10.2. The highest BCUT2D eigenvalue weighted by atomic mass is 31.2. The summed E-state index contributed by atoms with van der Waals surface area (Å²) in [5.41, 5.74) is 5.34. The highest BCUT2D eigenvalue weighted by molar-refractivity contribution is 7.47. The Kier molecular flexibility index (Phi) is 39.8. The Morgan fingerprint density at radius 3 is 1.35 bits per heavy atom. The van der Waals surface area contributed by atoms with Crippen LogP contribution in [0.5, 0.6) is 0 Å². The minimum absolute atomic E-state index is 0.0287. The standard InChI is InChI=1S/C47H76NO8P/c1-3-5-7-9-11-13-15-17-19-21-22-24-26-28-30-32-34-36-38-40-47(50)56-45(44-55-57(51,52)54-42-41-48)43-53-46(49)39-37-35-33-31-29-27-25-23-20-18-16-14-12-10-8-6-4-2/h11-14,17-20,22,24-25,27-28,30-31,33-34,36,45H,3-10,15-16,21,23,26,29,32,35,37-44,48H2,1-2H3,(H,51,52)/t45-/m1/s1. The maximum absolute atomic E-state index is 12.5. The maximum Gasteiger partial charge on any atom is 0.472 e. The highest BCUT2D eigenvalue weighted by Crippen LogP contribution is 2.43. The molecule has 0 aliphatic carbocycles. The molecule has 3 N–H and O–H groups in total. The van der Waals surface area contributed by atoms with Gasteiger partial charge in [-0.05, 0) is 89.9 Å². The van der Waals surface area contributed by atoms with Crippen LogP contribution in [-0.4, -0.2) is 49.3 Å². The van der Waals surface area contributed by atoms with E-state index in [0.29, 0.717) is 12.8 Å². The van der Waals surface area contributed by atoms with E-state index in [1.165, 1.54) is 51.4 Å². The summed E-state index contributed by atoms with van der Waals surface area (Å²) in [6.07, 6.45) is 55.7. The van der Waals surface area contributed by atoms with Gasteiger partial charge < -0.3 is 20.1 Å². The fourth-order valence-electron chi connectivity index (χ4n) is 4.96. The van der Waals surface area contributed by atoms with E-state index >= 15 is 0 Å². The van der Waals surface area contributed by atoms with Gasteiger partial charge in [-0.1, -0.05) is 149 Å². The zero-order chi connectivity index (χ0) is 41.8. The lowest BCUT2D eigenvalue weighted by Crippen LogP contribution is -2.29. The highest BCUT2D eigenvalue weighted by Gasteiger charge is 2.25. The van der Waals surface area contributed by atoms with E-state index in [1.54, 1.807) is 0 Å². The van der Waals surface area contributed by atoms with Crippen LogP contribution in [0.4, 0.5) is 0 Å². The molecule has 1 unspecified atom stereocenters. The normalized spacial score (nSPS) is 14.4. The molecule has 57 heavy (non-hydrogen) atoms. The lowest BCUT2D eigenvalue weighted by molar-refractivity contribution is -0.161. The number of nitrogens with two attached hydrogens (primary N) is 1. The topological polar surface area (TPSA) is 134 Å². The minimum Gasteiger partial charge on any atom is -0.462 e. The predicted molar refractivity (Wildman–Crippen MR) is 238 cm³/mol. The smallest absolute Gasteiger partial charge is 0.462 e. The fraction of sp³-hybridized carbons (Fsp3) is 0.574. The van der Waals surface area contributed by atoms with Gasteiger partial charge >= 0.3 is 19.8 Å². The fourth-order valence-corrected chi connectivity index (χ4v) is 5.73. The second kappa shape index (κ2) is 42.3. The molecule has 0 aromatic carbocycles. The van der Waals surface area contributed by atoms with E-state index in [1.807, 2.05) is 18.2 Å². The second-order valence-corrected chi connectivity index (χ2v) is 14.9. The molecule has 2 atom stereocenters. The maximum atomic E-state index is 12.5. The number of carbonyl (C=O) groups excluding carboxylic acids is 2. The summed E-state index contributed by atoms with van der Waals surface area (Å²) in [6.45, 7) is 3.49. The lowest BCUT2D eigenvalue weighted by Gasteiger charge is -2.19. The molecule has 0 saturated carbocycles. The van der Waals surface area contributed by atoms with Gasteiger partial charge in [0.15, 0.2) is 6.10 Å². The van der Waals surface area contributed by atoms with Gasteiger partial charge in [0, 0.05) is 19.4 Å². The summed E-state index contributed by atoms with van der Waals surface area (Å²) >= 11 is 0. The van der Waals surface area contributed by atoms with Crippen molar-refractivity contribution in [1.82, 2.24) is 0 Å². The van der Waals surface area contributed by atoms with Crippen LogP contribution in [0.25, 0.3) is 0 Å². The average Bonchev–Trinajstić information content (AvgIpc) is 3.20. The Morgan fingerprint density at radius 1 is 0.526 bits per heavy atom. The Balaban J connectivity index is 4.42. The molecule has 0 fully saturated rings. The van der Waals surface area contributed by atoms with Crippen molar-refractivity contribution in [2.75, 3.05) is 26.4 Å². The molecule has 0 spiro atoms. The zero-order valence-electron chi connectivity index (χ0n) is 35.3. The van der Waals surface area contributed by atoms with Gasteiger partial charge in [-0.3, -0.25) is 18.6 Å². The van der Waals surface area contributed by atoms with Crippen molar-refractivity contribution in [3.63, 3.8) is 0 Å². The summed E-state index contributed by atoms with van der Waals surface area (Å²) in [5, 5.41) is 0. The van der Waals surface area contributed by atoms with Gasteiger partial charge in [-0.15, -0.1) is 0 Å². The second-order valence-electron chi connectivity index (χ2n) is 13.5. The first-order valence-electron chi connectivity index (χ1n) is 21.4. The van der Waals surface area contributed by atoms with Crippen molar-refractivity contribution in [3.8, 4) is 0 Å². The number of phosphoric ester groups is 1. The van der Waals surface area contributed by atoms with Crippen LogP contribution in [-0.2, 0) is 32.7 Å². The van der Waals surface area contributed by atoms with Gasteiger partial charge in [0.25, 0.3) is 0 Å². The molecule has 322 valence electrons. The Hall–Kier alpha value is -3.33. The third kappa shape index (κ3) is 42.1. The van der Waals surface area contributed by atoms with Gasteiger partial charge in [0.1, 0.15) is 6.61 Å².